The number of benzene rings is 1. The molecule has 1 aromatic carbocycles. The molecule has 31 heavy (non-hydrogen) atoms. The number of hydrogen-bond donors (Lipinski definition) is 1. The second kappa shape index (κ2) is 9.06. The van der Waals surface area contributed by atoms with Gasteiger partial charge in [-0.15, -0.1) is 0 Å². The number of carbonyl (C=O) groups is 1. The van der Waals surface area contributed by atoms with Gasteiger partial charge in [-0.3, -0.25) is 9.69 Å². The highest BCUT2D eigenvalue weighted by Crippen LogP contribution is 2.23. The van der Waals surface area contributed by atoms with Crippen LogP contribution in [0.1, 0.15) is 28.5 Å². The molecule has 4 aromatic rings. The maximum Gasteiger partial charge on any atom is 0.238 e. The van der Waals surface area contributed by atoms with Crippen LogP contribution in [-0.2, 0) is 17.9 Å². The molecule has 0 spiro atoms. The summed E-state index contributed by atoms with van der Waals surface area (Å²) < 4.78 is 12.8. The first-order valence-electron chi connectivity index (χ1n) is 10.2. The summed E-state index contributed by atoms with van der Waals surface area (Å²) in [6.45, 7) is 7.10. The summed E-state index contributed by atoms with van der Waals surface area (Å²) in [6, 6.07) is 15.6. The van der Waals surface area contributed by atoms with Gasteiger partial charge in [-0.25, -0.2) is 4.68 Å². The average Bonchev–Trinajstić information content (AvgIpc) is 3.49. The molecule has 0 aliphatic carbocycles. The zero-order chi connectivity index (χ0) is 21.8. The number of rotatable bonds is 8. The highest BCUT2D eigenvalue weighted by Gasteiger charge is 2.19. The van der Waals surface area contributed by atoms with Gasteiger partial charge in [-0.05, 0) is 57.2 Å². The fourth-order valence-corrected chi connectivity index (χ4v) is 3.56. The van der Waals surface area contributed by atoms with Gasteiger partial charge in [-0.2, -0.15) is 5.10 Å². The zero-order valence-electron chi connectivity index (χ0n) is 18.0. The number of amides is 1. The molecule has 160 valence electrons. The first-order chi connectivity index (χ1) is 15.0. The molecule has 0 atom stereocenters. The van der Waals surface area contributed by atoms with E-state index >= 15 is 0 Å². The summed E-state index contributed by atoms with van der Waals surface area (Å²) in [5.41, 5.74) is 4.55. The van der Waals surface area contributed by atoms with Crippen LogP contribution in [0.3, 0.4) is 0 Å². The van der Waals surface area contributed by atoms with Gasteiger partial charge in [0.1, 0.15) is 11.5 Å². The number of aromatic nitrogens is 2. The van der Waals surface area contributed by atoms with E-state index in [-0.39, 0.29) is 12.5 Å². The number of nitrogens with zero attached hydrogens (tertiary/aromatic N) is 3. The van der Waals surface area contributed by atoms with E-state index in [1.54, 1.807) is 12.5 Å². The van der Waals surface area contributed by atoms with E-state index in [9.17, 15) is 4.79 Å². The fourth-order valence-electron chi connectivity index (χ4n) is 3.56. The molecule has 1 amide bonds. The molecule has 1 N–H and O–H groups in total. The van der Waals surface area contributed by atoms with Crippen molar-refractivity contribution in [1.29, 1.82) is 0 Å². The van der Waals surface area contributed by atoms with Crippen LogP contribution in [-0.4, -0.2) is 27.1 Å². The normalized spacial score (nSPS) is 11.2. The second-order valence-electron chi connectivity index (χ2n) is 7.65. The third kappa shape index (κ3) is 4.95. The van der Waals surface area contributed by atoms with Crippen molar-refractivity contribution in [3.05, 3.63) is 89.5 Å². The lowest BCUT2D eigenvalue weighted by atomic mass is 10.2. The Hall–Kier alpha value is -3.58. The smallest absolute Gasteiger partial charge is 0.238 e. The van der Waals surface area contributed by atoms with Gasteiger partial charge < -0.3 is 14.2 Å². The Morgan fingerprint density at radius 1 is 0.968 bits per heavy atom. The van der Waals surface area contributed by atoms with Crippen molar-refractivity contribution in [3.8, 4) is 5.69 Å². The van der Waals surface area contributed by atoms with Crippen LogP contribution in [0.4, 0.5) is 5.69 Å². The molecule has 0 bridgehead atoms. The molecule has 3 heterocycles. The predicted molar refractivity (Wildman–Crippen MR) is 118 cm³/mol. The zero-order valence-corrected chi connectivity index (χ0v) is 18.0. The molecule has 0 saturated carbocycles. The van der Waals surface area contributed by atoms with Crippen LogP contribution in [0.5, 0.6) is 0 Å². The van der Waals surface area contributed by atoms with Crippen molar-refractivity contribution in [2.75, 3.05) is 11.9 Å². The molecule has 0 fully saturated rings. The third-order valence-electron chi connectivity index (χ3n) is 5.12. The van der Waals surface area contributed by atoms with Crippen molar-refractivity contribution in [2.24, 2.45) is 0 Å². The van der Waals surface area contributed by atoms with Crippen LogP contribution in [0, 0.1) is 20.8 Å². The molecule has 0 radical (unpaired) electrons. The molecule has 4 rings (SSSR count). The molecule has 7 heteroatoms. The molecular weight excluding hydrogens is 392 g/mol. The summed E-state index contributed by atoms with van der Waals surface area (Å²) in [7, 11) is 0. The van der Waals surface area contributed by atoms with Gasteiger partial charge in [0.25, 0.3) is 0 Å². The fraction of sp³-hybridized carbons (Fsp3) is 0.250. The lowest BCUT2D eigenvalue weighted by molar-refractivity contribution is -0.117. The number of aryl methyl sites for hydroxylation is 2. The number of furan rings is 2. The van der Waals surface area contributed by atoms with E-state index < -0.39 is 0 Å². The van der Waals surface area contributed by atoms with Crippen LogP contribution in [0.15, 0.2) is 69.9 Å². The summed E-state index contributed by atoms with van der Waals surface area (Å²) in [6.07, 6.45) is 3.26. The van der Waals surface area contributed by atoms with Crippen LogP contribution < -0.4 is 5.32 Å². The van der Waals surface area contributed by atoms with Gasteiger partial charge in [0.15, 0.2) is 0 Å². The van der Waals surface area contributed by atoms with Crippen molar-refractivity contribution in [2.45, 2.75) is 33.9 Å². The summed E-state index contributed by atoms with van der Waals surface area (Å²) in [5.74, 6) is 1.46. The number of anilines is 1. The van der Waals surface area contributed by atoms with E-state index in [4.69, 9.17) is 8.83 Å². The van der Waals surface area contributed by atoms with Gasteiger partial charge in [0.2, 0.25) is 5.91 Å². The molecule has 0 aliphatic rings. The van der Waals surface area contributed by atoms with E-state index in [2.05, 4.69) is 10.4 Å². The van der Waals surface area contributed by atoms with E-state index in [0.29, 0.717) is 13.1 Å². The Kier molecular flexibility index (Phi) is 6.04. The Balaban J connectivity index is 1.49. The SMILES string of the molecule is Cc1ccc(-n2nc(C)c(NC(=O)CN(Cc3ccco3)Cc3ccco3)c2C)cc1. The highest BCUT2D eigenvalue weighted by molar-refractivity contribution is 5.93. The van der Waals surface area contributed by atoms with Crippen LogP contribution in [0.25, 0.3) is 5.69 Å². The first-order valence-corrected chi connectivity index (χ1v) is 10.2. The summed E-state index contributed by atoms with van der Waals surface area (Å²) in [5, 5.41) is 7.67. The third-order valence-corrected chi connectivity index (χ3v) is 5.12. The standard InChI is InChI=1S/C24H26N4O3/c1-17-8-10-20(11-9-17)28-19(3)24(18(2)26-28)25-23(29)16-27(14-21-6-4-12-30-21)15-22-7-5-13-31-22/h4-13H,14-16H2,1-3H3,(H,25,29). The van der Waals surface area contributed by atoms with Gasteiger partial charge >= 0.3 is 0 Å². The van der Waals surface area contributed by atoms with Gasteiger partial charge in [0, 0.05) is 0 Å². The highest BCUT2D eigenvalue weighted by atomic mass is 16.3. The van der Waals surface area contributed by atoms with Crippen LogP contribution >= 0.6 is 0 Å². The van der Waals surface area contributed by atoms with E-state index in [0.717, 1.165) is 34.3 Å². The first kappa shape index (κ1) is 20.7. The van der Waals surface area contributed by atoms with Gasteiger partial charge in [0.05, 0.1) is 54.9 Å². The van der Waals surface area contributed by atoms with Crippen molar-refractivity contribution in [1.82, 2.24) is 14.7 Å². The molecular formula is C24H26N4O3. The second-order valence-corrected chi connectivity index (χ2v) is 7.65. The van der Waals surface area contributed by atoms with Crippen LogP contribution in [0.2, 0.25) is 0 Å². The Morgan fingerprint density at radius 2 is 1.58 bits per heavy atom. The number of nitrogens with one attached hydrogen (secondary N) is 1. The largest absolute Gasteiger partial charge is 0.468 e. The van der Waals surface area contributed by atoms with E-state index in [1.807, 2.05) is 78.9 Å². The minimum atomic E-state index is -0.118. The lowest BCUT2D eigenvalue weighted by Crippen LogP contribution is -2.32. The maximum atomic E-state index is 12.9. The van der Waals surface area contributed by atoms with Gasteiger partial charge in [-0.1, -0.05) is 17.7 Å². The topological polar surface area (TPSA) is 76.4 Å². The number of carbonyl (C=O) groups excluding carboxylic acids is 1. The molecule has 0 unspecified atom stereocenters. The summed E-state index contributed by atoms with van der Waals surface area (Å²) >= 11 is 0. The molecule has 7 nitrogen and oxygen atoms in total. The summed E-state index contributed by atoms with van der Waals surface area (Å²) in [4.78, 5) is 14.9. The molecule has 0 aliphatic heterocycles. The monoisotopic (exact) mass is 418 g/mol. The van der Waals surface area contributed by atoms with Crippen molar-refractivity contribution >= 4 is 11.6 Å². The molecule has 3 aromatic heterocycles. The predicted octanol–water partition coefficient (Wildman–Crippen LogP) is 4.62. The average molecular weight is 418 g/mol. The Bertz CT molecular complexity index is 1090. The minimum Gasteiger partial charge on any atom is -0.468 e. The van der Waals surface area contributed by atoms with Crippen molar-refractivity contribution in [3.63, 3.8) is 0 Å². The van der Waals surface area contributed by atoms with Crippen molar-refractivity contribution < 1.29 is 13.6 Å². The quantitative estimate of drug-likeness (QED) is 0.452. The maximum absolute atomic E-state index is 12.9. The Labute approximate surface area is 181 Å². The van der Waals surface area contributed by atoms with E-state index in [1.165, 1.54) is 5.56 Å². The lowest BCUT2D eigenvalue weighted by Gasteiger charge is -2.19. The molecule has 0 saturated heterocycles. The number of hydrogen-bond acceptors (Lipinski definition) is 5. The minimum absolute atomic E-state index is 0.118. The Morgan fingerprint density at radius 3 is 2.13 bits per heavy atom.